The summed E-state index contributed by atoms with van der Waals surface area (Å²) in [6.45, 7) is 1.93. The van der Waals surface area contributed by atoms with Gasteiger partial charge in [-0.3, -0.25) is 4.79 Å². The molecule has 8 heteroatoms. The van der Waals surface area contributed by atoms with E-state index < -0.39 is 5.60 Å². The molecule has 0 aromatic heterocycles. The number of hydrogen-bond donors (Lipinski definition) is 0. The van der Waals surface area contributed by atoms with Crippen LogP contribution < -0.4 is 14.2 Å². The first-order chi connectivity index (χ1) is 12.8. The number of allylic oxidation sites excluding steroid dienone is 1. The SMILES string of the molecule is COC1=C/C(=N\N(C)C)C[C@@H](C)[C@]12Oc1c(Cl)c(OC)cc(OC)c1C2=O. The Labute approximate surface area is 163 Å². The molecule has 1 heterocycles. The van der Waals surface area contributed by atoms with Crippen molar-refractivity contribution in [2.75, 3.05) is 35.4 Å². The van der Waals surface area contributed by atoms with E-state index in [1.165, 1.54) is 21.3 Å². The van der Waals surface area contributed by atoms with Crippen molar-refractivity contribution in [2.24, 2.45) is 11.0 Å². The number of ketones is 1. The fourth-order valence-corrected chi connectivity index (χ4v) is 3.91. The fraction of sp³-hybridized carbons (Fsp3) is 0.474. The van der Waals surface area contributed by atoms with Crippen LogP contribution in [0.5, 0.6) is 17.2 Å². The summed E-state index contributed by atoms with van der Waals surface area (Å²) in [6.07, 6.45) is 2.29. The van der Waals surface area contributed by atoms with Crippen LogP contribution in [0.3, 0.4) is 0 Å². The lowest BCUT2D eigenvalue weighted by Crippen LogP contribution is -2.51. The molecule has 1 spiro atoms. The van der Waals surface area contributed by atoms with E-state index >= 15 is 0 Å². The Morgan fingerprint density at radius 1 is 1.22 bits per heavy atom. The fourth-order valence-electron chi connectivity index (χ4n) is 3.64. The standard InChI is InChI=1S/C19H23ClN2O5/c1-10-7-11(21-22(2)3)8-14(26-6)19(10)18(23)15-12(24-4)9-13(25-5)16(20)17(15)27-19/h8-10H,7H2,1-6H3/b21-11-/t10-,19+/m1/s1. The predicted octanol–water partition coefficient (Wildman–Crippen LogP) is 3.16. The van der Waals surface area contributed by atoms with Gasteiger partial charge in [0.15, 0.2) is 5.75 Å². The molecule has 146 valence electrons. The molecule has 1 aromatic carbocycles. The number of carbonyl (C=O) groups is 1. The maximum Gasteiger partial charge on any atom is 0.231 e. The monoisotopic (exact) mass is 394 g/mol. The summed E-state index contributed by atoms with van der Waals surface area (Å²) in [7, 11) is 8.17. The van der Waals surface area contributed by atoms with Gasteiger partial charge in [-0.05, 0) is 6.42 Å². The van der Waals surface area contributed by atoms with E-state index in [9.17, 15) is 4.79 Å². The third kappa shape index (κ3) is 2.81. The number of nitrogens with zero attached hydrogens (tertiary/aromatic N) is 2. The summed E-state index contributed by atoms with van der Waals surface area (Å²) in [5.41, 5.74) is -0.213. The van der Waals surface area contributed by atoms with Crippen LogP contribution in [0, 0.1) is 5.92 Å². The van der Waals surface area contributed by atoms with Gasteiger partial charge < -0.3 is 24.0 Å². The summed E-state index contributed by atoms with van der Waals surface area (Å²) in [4.78, 5) is 13.5. The first kappa shape index (κ1) is 19.4. The van der Waals surface area contributed by atoms with Crippen LogP contribution in [0.1, 0.15) is 23.7 Å². The van der Waals surface area contributed by atoms with E-state index in [2.05, 4.69) is 5.10 Å². The minimum atomic E-state index is -1.31. The second kappa shape index (κ2) is 6.96. The number of carbonyl (C=O) groups excluding carboxylic acids is 1. The van der Waals surface area contributed by atoms with E-state index in [-0.39, 0.29) is 22.5 Å². The molecule has 27 heavy (non-hydrogen) atoms. The van der Waals surface area contributed by atoms with Crippen molar-refractivity contribution in [1.29, 1.82) is 0 Å². The molecule has 0 amide bonds. The van der Waals surface area contributed by atoms with Crippen LogP contribution in [0.4, 0.5) is 0 Å². The van der Waals surface area contributed by atoms with E-state index in [0.29, 0.717) is 29.2 Å². The minimum Gasteiger partial charge on any atom is -0.496 e. The Balaban J connectivity index is 2.20. The molecule has 0 bridgehead atoms. The van der Waals surface area contributed by atoms with E-state index in [0.717, 1.165) is 5.71 Å². The van der Waals surface area contributed by atoms with Crippen LogP contribution in [0.15, 0.2) is 23.0 Å². The molecular formula is C19H23ClN2O5. The average Bonchev–Trinajstić information content (AvgIpc) is 2.93. The van der Waals surface area contributed by atoms with E-state index in [4.69, 9.17) is 30.5 Å². The molecule has 0 saturated carbocycles. The normalized spacial score (nSPS) is 25.1. The zero-order chi connectivity index (χ0) is 19.9. The van der Waals surface area contributed by atoms with Crippen molar-refractivity contribution >= 4 is 23.1 Å². The number of rotatable bonds is 4. The Hall–Kier alpha value is -2.41. The van der Waals surface area contributed by atoms with Gasteiger partial charge in [0.2, 0.25) is 11.4 Å². The van der Waals surface area contributed by atoms with Crippen LogP contribution in [-0.4, -0.2) is 57.5 Å². The molecule has 3 rings (SSSR count). The van der Waals surface area contributed by atoms with Gasteiger partial charge in [-0.1, -0.05) is 18.5 Å². The molecule has 7 nitrogen and oxygen atoms in total. The quantitative estimate of drug-likeness (QED) is 0.730. The number of benzene rings is 1. The minimum absolute atomic E-state index is 0.230. The van der Waals surface area contributed by atoms with Gasteiger partial charge in [-0.25, -0.2) is 0 Å². The molecule has 2 aliphatic rings. The molecule has 0 fully saturated rings. The molecule has 0 saturated heterocycles. The largest absolute Gasteiger partial charge is 0.496 e. The molecule has 0 N–H and O–H groups in total. The first-order valence-corrected chi connectivity index (χ1v) is 8.87. The van der Waals surface area contributed by atoms with Gasteiger partial charge in [-0.2, -0.15) is 5.10 Å². The van der Waals surface area contributed by atoms with Gasteiger partial charge >= 0.3 is 0 Å². The number of ether oxygens (including phenoxy) is 4. The Kier molecular flexibility index (Phi) is 4.99. The van der Waals surface area contributed by atoms with Gasteiger partial charge in [0.25, 0.3) is 0 Å². The van der Waals surface area contributed by atoms with Gasteiger partial charge in [0.1, 0.15) is 27.8 Å². The highest BCUT2D eigenvalue weighted by Crippen LogP contribution is 2.54. The number of methoxy groups -OCH3 is 3. The zero-order valence-corrected chi connectivity index (χ0v) is 17.0. The summed E-state index contributed by atoms with van der Waals surface area (Å²) >= 11 is 6.44. The zero-order valence-electron chi connectivity index (χ0n) is 16.3. The van der Waals surface area contributed by atoms with Crippen molar-refractivity contribution in [3.8, 4) is 17.2 Å². The molecule has 1 aliphatic carbocycles. The topological polar surface area (TPSA) is 69.6 Å². The number of Topliss-reactive ketones (excluding diaryl/α,β-unsaturated/α-hetero) is 1. The average molecular weight is 395 g/mol. The van der Waals surface area contributed by atoms with Gasteiger partial charge in [-0.15, -0.1) is 0 Å². The highest BCUT2D eigenvalue weighted by atomic mass is 35.5. The molecule has 0 radical (unpaired) electrons. The van der Waals surface area contributed by atoms with Crippen molar-refractivity contribution in [2.45, 2.75) is 18.9 Å². The number of halogens is 1. The second-order valence-electron chi connectivity index (χ2n) is 6.72. The lowest BCUT2D eigenvalue weighted by atomic mass is 9.75. The maximum absolute atomic E-state index is 13.5. The van der Waals surface area contributed by atoms with Crippen molar-refractivity contribution in [3.05, 3.63) is 28.5 Å². The van der Waals surface area contributed by atoms with E-state index in [1.54, 1.807) is 17.2 Å². The first-order valence-electron chi connectivity index (χ1n) is 8.49. The van der Waals surface area contributed by atoms with Crippen molar-refractivity contribution in [3.63, 3.8) is 0 Å². The smallest absolute Gasteiger partial charge is 0.231 e. The number of hydrazone groups is 1. The van der Waals surface area contributed by atoms with Crippen molar-refractivity contribution < 1.29 is 23.7 Å². The molecule has 2 atom stereocenters. The Morgan fingerprint density at radius 3 is 2.44 bits per heavy atom. The van der Waals surface area contributed by atoms with Crippen molar-refractivity contribution in [1.82, 2.24) is 5.01 Å². The number of fused-ring (bicyclic) bond motifs is 1. The molecular weight excluding hydrogens is 372 g/mol. The van der Waals surface area contributed by atoms with Crippen LogP contribution in [-0.2, 0) is 4.74 Å². The molecule has 1 aliphatic heterocycles. The summed E-state index contributed by atoms with van der Waals surface area (Å²) < 4.78 is 22.5. The predicted molar refractivity (Wildman–Crippen MR) is 102 cm³/mol. The van der Waals surface area contributed by atoms with Gasteiger partial charge in [0.05, 0.1) is 27.0 Å². The van der Waals surface area contributed by atoms with Crippen LogP contribution in [0.2, 0.25) is 5.02 Å². The number of hydrogen-bond acceptors (Lipinski definition) is 7. The highest BCUT2D eigenvalue weighted by Gasteiger charge is 2.59. The summed E-state index contributed by atoms with van der Waals surface area (Å²) in [6, 6.07) is 1.59. The third-order valence-corrected chi connectivity index (χ3v) is 5.20. The maximum atomic E-state index is 13.5. The van der Waals surface area contributed by atoms with Gasteiger partial charge in [0, 0.05) is 32.2 Å². The van der Waals surface area contributed by atoms with E-state index in [1.807, 2.05) is 21.0 Å². The van der Waals surface area contributed by atoms with Crippen LogP contribution >= 0.6 is 11.6 Å². The Morgan fingerprint density at radius 2 is 1.89 bits per heavy atom. The Bertz CT molecular complexity index is 849. The second-order valence-corrected chi connectivity index (χ2v) is 7.10. The molecule has 0 unspecified atom stereocenters. The third-order valence-electron chi connectivity index (χ3n) is 4.84. The highest BCUT2D eigenvalue weighted by molar-refractivity contribution is 6.35. The lowest BCUT2D eigenvalue weighted by Gasteiger charge is -2.37. The summed E-state index contributed by atoms with van der Waals surface area (Å²) in [5.74, 6) is 0.883. The summed E-state index contributed by atoms with van der Waals surface area (Å²) in [5, 5.41) is 6.39. The lowest BCUT2D eigenvalue weighted by molar-refractivity contribution is 0.0205. The van der Waals surface area contributed by atoms with Crippen LogP contribution in [0.25, 0.3) is 0 Å². The molecule has 1 aromatic rings.